The molecule has 1 N–H and O–H groups in total. The molecule has 4 rings (SSSR count). The fraction of sp³-hybridized carbons (Fsp3) is 0.682. The van der Waals surface area contributed by atoms with Gasteiger partial charge in [0, 0.05) is 38.0 Å². The van der Waals surface area contributed by atoms with E-state index in [0.29, 0.717) is 63.9 Å². The lowest BCUT2D eigenvalue weighted by atomic mass is 9.97. The Morgan fingerprint density at radius 1 is 1.03 bits per heavy atom. The zero-order chi connectivity index (χ0) is 22.4. The molecule has 10 heteroatoms. The average molecular weight is 469 g/mol. The third-order valence-corrected chi connectivity index (χ3v) is 7.49. The Kier molecular flexibility index (Phi) is 7.88. The number of carbonyl (C=O) groups is 1. The van der Waals surface area contributed by atoms with Crippen LogP contribution in [0.25, 0.3) is 0 Å². The lowest BCUT2D eigenvalue weighted by molar-refractivity contribution is -0.139. The summed E-state index contributed by atoms with van der Waals surface area (Å²) in [6.07, 6.45) is 4.49. The molecule has 1 aromatic carbocycles. The van der Waals surface area contributed by atoms with Crippen LogP contribution >= 0.6 is 0 Å². The normalized spacial score (nSPS) is 21.6. The first kappa shape index (κ1) is 23.3. The summed E-state index contributed by atoms with van der Waals surface area (Å²) in [6, 6.07) is 4.62. The number of hydrogen-bond donors (Lipinski definition) is 1. The van der Waals surface area contributed by atoms with E-state index in [2.05, 4.69) is 4.72 Å². The number of nitrogens with one attached hydrogen (secondary N) is 1. The standard InChI is InChI=1S/C22H32N2O7S/c25-21(24-10-4-5-17(16-24)22-30-13-14-31-22)6-2-1-3-9-23-32(26,27)18-7-8-19-20(15-18)29-12-11-28-19/h7-8,15,17,22-23H,1-6,9-14,16H2. The van der Waals surface area contributed by atoms with Crippen LogP contribution in [0.4, 0.5) is 0 Å². The van der Waals surface area contributed by atoms with Crippen molar-refractivity contribution in [3.05, 3.63) is 18.2 Å². The van der Waals surface area contributed by atoms with E-state index in [1.54, 1.807) is 6.07 Å². The number of likely N-dealkylation sites (tertiary alicyclic amines) is 1. The number of sulfonamides is 1. The van der Waals surface area contributed by atoms with Crippen molar-refractivity contribution in [2.75, 3.05) is 46.1 Å². The molecule has 9 nitrogen and oxygen atoms in total. The molecule has 3 heterocycles. The van der Waals surface area contributed by atoms with Gasteiger partial charge in [0.15, 0.2) is 17.8 Å². The highest BCUT2D eigenvalue weighted by atomic mass is 32.2. The number of hydrogen-bond acceptors (Lipinski definition) is 7. The van der Waals surface area contributed by atoms with E-state index in [4.69, 9.17) is 18.9 Å². The highest BCUT2D eigenvalue weighted by molar-refractivity contribution is 7.89. The fourth-order valence-corrected chi connectivity index (χ4v) is 5.41. The molecular weight excluding hydrogens is 436 g/mol. The van der Waals surface area contributed by atoms with Gasteiger partial charge >= 0.3 is 0 Å². The van der Waals surface area contributed by atoms with E-state index < -0.39 is 10.0 Å². The summed E-state index contributed by atoms with van der Waals surface area (Å²) >= 11 is 0. The fourth-order valence-electron chi connectivity index (χ4n) is 4.32. The van der Waals surface area contributed by atoms with Crippen molar-refractivity contribution in [3.63, 3.8) is 0 Å². The second-order valence-corrected chi connectivity index (χ2v) is 10.1. The third-order valence-electron chi connectivity index (χ3n) is 6.03. The molecule has 32 heavy (non-hydrogen) atoms. The molecule has 0 aliphatic carbocycles. The molecule has 0 bridgehead atoms. The Morgan fingerprint density at radius 2 is 1.81 bits per heavy atom. The molecular formula is C22H32N2O7S. The summed E-state index contributed by atoms with van der Waals surface area (Å²) in [5.74, 6) is 1.42. The number of nitrogens with zero attached hydrogens (tertiary/aromatic N) is 1. The van der Waals surface area contributed by atoms with Crippen LogP contribution in [0.3, 0.4) is 0 Å². The van der Waals surface area contributed by atoms with E-state index in [-0.39, 0.29) is 23.0 Å². The van der Waals surface area contributed by atoms with Gasteiger partial charge in [0.1, 0.15) is 13.2 Å². The van der Waals surface area contributed by atoms with Crippen molar-refractivity contribution < 1.29 is 32.2 Å². The molecule has 0 radical (unpaired) electrons. The minimum Gasteiger partial charge on any atom is -0.486 e. The van der Waals surface area contributed by atoms with Crippen LogP contribution in [0, 0.1) is 5.92 Å². The van der Waals surface area contributed by atoms with Crippen molar-refractivity contribution in [1.82, 2.24) is 9.62 Å². The Bertz CT molecular complexity index is 886. The number of benzene rings is 1. The molecule has 1 amide bonds. The van der Waals surface area contributed by atoms with Gasteiger partial charge in [0.2, 0.25) is 15.9 Å². The molecule has 2 saturated heterocycles. The van der Waals surface area contributed by atoms with Gasteiger partial charge in [-0.25, -0.2) is 13.1 Å². The first-order valence-electron chi connectivity index (χ1n) is 11.4. The molecule has 0 spiro atoms. The number of fused-ring (bicyclic) bond motifs is 1. The maximum atomic E-state index is 12.6. The third kappa shape index (κ3) is 5.92. The maximum absolute atomic E-state index is 12.6. The van der Waals surface area contributed by atoms with E-state index in [1.807, 2.05) is 4.90 Å². The van der Waals surface area contributed by atoms with E-state index in [0.717, 1.165) is 32.2 Å². The number of amides is 1. The lowest BCUT2D eigenvalue weighted by Gasteiger charge is -2.34. The molecule has 3 aliphatic heterocycles. The van der Waals surface area contributed by atoms with Gasteiger partial charge in [-0.3, -0.25) is 4.79 Å². The highest BCUT2D eigenvalue weighted by Crippen LogP contribution is 2.32. The monoisotopic (exact) mass is 468 g/mol. The van der Waals surface area contributed by atoms with Gasteiger partial charge in [0.25, 0.3) is 0 Å². The number of carbonyl (C=O) groups excluding carboxylic acids is 1. The largest absolute Gasteiger partial charge is 0.486 e. The maximum Gasteiger partial charge on any atom is 0.240 e. The zero-order valence-corrected chi connectivity index (χ0v) is 19.1. The average Bonchev–Trinajstić information content (AvgIpc) is 3.36. The summed E-state index contributed by atoms with van der Waals surface area (Å²) in [5.41, 5.74) is 0. The first-order chi connectivity index (χ1) is 15.5. The molecule has 0 aromatic heterocycles. The topological polar surface area (TPSA) is 103 Å². The van der Waals surface area contributed by atoms with Crippen LogP contribution in [0.15, 0.2) is 23.1 Å². The minimum atomic E-state index is -3.61. The van der Waals surface area contributed by atoms with Gasteiger partial charge in [-0.05, 0) is 37.8 Å². The van der Waals surface area contributed by atoms with Crippen molar-refractivity contribution in [2.45, 2.75) is 49.7 Å². The second-order valence-electron chi connectivity index (χ2n) is 8.37. The van der Waals surface area contributed by atoms with E-state index in [9.17, 15) is 13.2 Å². The number of piperidine rings is 1. The van der Waals surface area contributed by atoms with Gasteiger partial charge in [-0.2, -0.15) is 0 Å². The van der Waals surface area contributed by atoms with Crippen LogP contribution in [-0.4, -0.2) is 71.6 Å². The minimum absolute atomic E-state index is 0.157. The molecule has 0 saturated carbocycles. The van der Waals surface area contributed by atoms with Gasteiger partial charge < -0.3 is 23.8 Å². The molecule has 3 aliphatic rings. The SMILES string of the molecule is O=C(CCCCCNS(=O)(=O)c1ccc2c(c1)OCCO2)N1CCCC(C2OCCO2)C1. The quantitative estimate of drug-likeness (QED) is 0.552. The molecule has 178 valence electrons. The van der Waals surface area contributed by atoms with Crippen LogP contribution in [0.5, 0.6) is 11.5 Å². The number of ether oxygens (including phenoxy) is 4. The van der Waals surface area contributed by atoms with Crippen molar-refractivity contribution in [3.8, 4) is 11.5 Å². The zero-order valence-electron chi connectivity index (χ0n) is 18.3. The van der Waals surface area contributed by atoms with E-state index >= 15 is 0 Å². The Balaban J connectivity index is 1.14. The van der Waals surface area contributed by atoms with E-state index in [1.165, 1.54) is 12.1 Å². The van der Waals surface area contributed by atoms with Crippen LogP contribution in [-0.2, 0) is 24.3 Å². The van der Waals surface area contributed by atoms with Crippen molar-refractivity contribution >= 4 is 15.9 Å². The molecule has 1 unspecified atom stereocenters. The Hall–Kier alpha value is -1.88. The summed E-state index contributed by atoms with van der Waals surface area (Å²) in [4.78, 5) is 14.6. The predicted molar refractivity (Wildman–Crippen MR) is 116 cm³/mol. The highest BCUT2D eigenvalue weighted by Gasteiger charge is 2.32. The first-order valence-corrected chi connectivity index (χ1v) is 12.9. The van der Waals surface area contributed by atoms with Crippen LogP contribution < -0.4 is 14.2 Å². The summed E-state index contributed by atoms with van der Waals surface area (Å²) in [5, 5.41) is 0. The second kappa shape index (κ2) is 10.8. The van der Waals surface area contributed by atoms with Crippen LogP contribution in [0.2, 0.25) is 0 Å². The van der Waals surface area contributed by atoms with Gasteiger partial charge in [0.05, 0.1) is 18.1 Å². The number of rotatable bonds is 9. The summed E-state index contributed by atoms with van der Waals surface area (Å²) in [6.45, 7) is 3.94. The Labute approximate surface area is 189 Å². The summed E-state index contributed by atoms with van der Waals surface area (Å²) < 4.78 is 49.7. The summed E-state index contributed by atoms with van der Waals surface area (Å²) in [7, 11) is -3.61. The van der Waals surface area contributed by atoms with Crippen LogP contribution in [0.1, 0.15) is 38.5 Å². The van der Waals surface area contributed by atoms with Crippen molar-refractivity contribution in [1.29, 1.82) is 0 Å². The molecule has 1 atom stereocenters. The Morgan fingerprint density at radius 3 is 2.62 bits per heavy atom. The van der Waals surface area contributed by atoms with Crippen molar-refractivity contribution in [2.24, 2.45) is 5.92 Å². The van der Waals surface area contributed by atoms with Gasteiger partial charge in [-0.15, -0.1) is 0 Å². The van der Waals surface area contributed by atoms with Gasteiger partial charge in [-0.1, -0.05) is 6.42 Å². The molecule has 2 fully saturated rings. The smallest absolute Gasteiger partial charge is 0.240 e. The molecule has 1 aromatic rings. The predicted octanol–water partition coefficient (Wildman–Crippen LogP) is 1.91. The number of unbranched alkanes of at least 4 members (excludes halogenated alkanes) is 2. The lowest BCUT2D eigenvalue weighted by Crippen LogP contribution is -2.43.